The van der Waals surface area contributed by atoms with Gasteiger partial charge < -0.3 is 24.9 Å². The molecule has 1 unspecified atom stereocenters. The number of hydrogen-bond donors (Lipinski definition) is 2. The Morgan fingerprint density at radius 2 is 1.79 bits per heavy atom. The zero-order chi connectivity index (χ0) is 20.1. The third kappa shape index (κ3) is 2.26. The number of fused-ring (bicyclic) bond motifs is 2. The van der Waals surface area contributed by atoms with E-state index >= 15 is 0 Å². The first kappa shape index (κ1) is 17.5. The van der Waals surface area contributed by atoms with Crippen molar-refractivity contribution in [3.63, 3.8) is 0 Å². The number of aliphatic hydroxyl groups is 1. The summed E-state index contributed by atoms with van der Waals surface area (Å²) in [6.45, 7) is 0. The van der Waals surface area contributed by atoms with Crippen molar-refractivity contribution in [2.75, 3.05) is 0 Å². The number of carboxylic acids is 2. The van der Waals surface area contributed by atoms with Crippen LogP contribution in [0.4, 0.5) is 0 Å². The van der Waals surface area contributed by atoms with Gasteiger partial charge in [-0.1, -0.05) is 30.3 Å². The van der Waals surface area contributed by atoms with Gasteiger partial charge in [-0.25, -0.2) is 0 Å². The third-order valence-corrected chi connectivity index (χ3v) is 4.96. The normalized spacial score (nSPS) is 20.2. The highest BCUT2D eigenvalue weighted by molar-refractivity contribution is 6.12. The fourth-order valence-corrected chi connectivity index (χ4v) is 3.73. The molecule has 1 atom stereocenters. The van der Waals surface area contributed by atoms with Gasteiger partial charge in [0.05, 0.1) is 12.4 Å². The van der Waals surface area contributed by atoms with Gasteiger partial charge in [-0.3, -0.25) is 9.59 Å². The molecule has 0 aromatic heterocycles. The van der Waals surface area contributed by atoms with Gasteiger partial charge >= 0.3 is 11.8 Å². The first-order valence-electron chi connectivity index (χ1n) is 8.38. The quantitative estimate of drug-likeness (QED) is 0.618. The number of rotatable bonds is 3. The zero-order valence-corrected chi connectivity index (χ0v) is 14.4. The first-order chi connectivity index (χ1) is 13.4. The highest BCUT2D eigenvalue weighted by Gasteiger charge is 2.52. The van der Waals surface area contributed by atoms with Crippen molar-refractivity contribution in [2.45, 2.75) is 11.8 Å². The van der Waals surface area contributed by atoms with Gasteiger partial charge in [0.1, 0.15) is 17.3 Å². The molecule has 7 heteroatoms. The van der Waals surface area contributed by atoms with Gasteiger partial charge in [-0.2, -0.15) is 0 Å². The standard InChI is InChI=1S/C21H14O7/c22-11-8-9-15(23)13(10-11)12-4-3-7-17-18(12)21(19(24)25,20(26)27)14-5-1-2-6-16(14)28-17/h1-9,23H,10H2,(H,24,25)(H,26,27). The largest absolute Gasteiger partial charge is 0.548 e. The molecule has 0 fully saturated rings. The van der Waals surface area contributed by atoms with Gasteiger partial charge in [0.2, 0.25) is 0 Å². The molecular weight excluding hydrogens is 364 g/mol. The molecule has 2 aromatic carbocycles. The van der Waals surface area contributed by atoms with Crippen LogP contribution in [-0.2, 0) is 15.0 Å². The van der Waals surface area contributed by atoms with Gasteiger partial charge in [-0.05, 0) is 23.8 Å². The Kier molecular flexibility index (Phi) is 3.81. The van der Waals surface area contributed by atoms with Crippen LogP contribution < -0.4 is 9.84 Å². The highest BCUT2D eigenvalue weighted by atomic mass is 16.5. The van der Waals surface area contributed by atoms with Crippen molar-refractivity contribution in [1.29, 1.82) is 0 Å². The smallest absolute Gasteiger partial charge is 0.324 e. The number of allylic oxidation sites excluding steroid dienone is 3. The van der Waals surface area contributed by atoms with Gasteiger partial charge in [0.15, 0.2) is 5.41 Å². The minimum Gasteiger partial charge on any atom is -0.548 e. The second-order valence-corrected chi connectivity index (χ2v) is 6.48. The van der Waals surface area contributed by atoms with Gasteiger partial charge in [-0.15, -0.1) is 0 Å². The molecule has 0 bridgehead atoms. The van der Waals surface area contributed by atoms with Crippen LogP contribution in [0.5, 0.6) is 11.5 Å². The lowest BCUT2D eigenvalue weighted by Crippen LogP contribution is -2.54. The number of carbonyl (C=O) groups excluding carboxylic acids is 2. The number of hydrogen-bond acceptors (Lipinski definition) is 5. The third-order valence-electron chi connectivity index (χ3n) is 4.96. The van der Waals surface area contributed by atoms with Crippen LogP contribution in [0.15, 0.2) is 60.4 Å². The van der Waals surface area contributed by atoms with Crippen molar-refractivity contribution in [3.8, 4) is 11.5 Å². The monoisotopic (exact) mass is 378 g/mol. The maximum Gasteiger partial charge on any atom is 0.324 e. The van der Waals surface area contributed by atoms with E-state index < -0.39 is 17.4 Å². The maximum atomic E-state index is 12.4. The molecule has 2 aliphatic rings. The summed E-state index contributed by atoms with van der Waals surface area (Å²) in [6, 6.07) is 10.4. The van der Waals surface area contributed by atoms with Crippen molar-refractivity contribution < 1.29 is 34.4 Å². The molecule has 140 valence electrons. The Morgan fingerprint density at radius 3 is 2.50 bits per heavy atom. The molecule has 0 saturated carbocycles. The van der Waals surface area contributed by atoms with Crippen LogP contribution in [-0.4, -0.2) is 32.7 Å². The van der Waals surface area contributed by atoms with E-state index in [1.165, 1.54) is 42.5 Å². The molecule has 1 heterocycles. The fourth-order valence-electron chi connectivity index (χ4n) is 3.73. The summed E-state index contributed by atoms with van der Waals surface area (Å²) in [7, 11) is 0. The molecule has 1 aliphatic carbocycles. The van der Waals surface area contributed by atoms with E-state index in [1.54, 1.807) is 12.1 Å². The molecular formula is C21H14O7. The first-order valence-corrected chi connectivity index (χ1v) is 8.38. The summed E-state index contributed by atoms with van der Waals surface area (Å²) in [4.78, 5) is 34.6. The number of carboxylic acid groups (broad SMARTS) is 2. The summed E-state index contributed by atoms with van der Waals surface area (Å²) >= 11 is 0. The number of benzene rings is 2. The Labute approximate surface area is 158 Å². The summed E-state index contributed by atoms with van der Waals surface area (Å²) in [5.41, 5.74) is -2.46. The molecule has 0 saturated heterocycles. The van der Waals surface area contributed by atoms with E-state index in [0.29, 0.717) is 0 Å². The number of aliphatic carboxylic acids is 2. The predicted molar refractivity (Wildman–Crippen MR) is 96.6 cm³/mol. The molecule has 4 rings (SSSR count). The minimum absolute atomic E-state index is 0.0251. The Hall–Kier alpha value is -3.87. The van der Waals surface area contributed by atoms with Crippen LogP contribution in [0.3, 0.4) is 0 Å². The zero-order valence-electron chi connectivity index (χ0n) is 14.4. The average Bonchev–Trinajstić information content (AvgIpc) is 2.67. The van der Waals surface area contributed by atoms with Crippen LogP contribution in [0.25, 0.3) is 5.57 Å². The highest BCUT2D eigenvalue weighted by Crippen LogP contribution is 2.51. The van der Waals surface area contributed by atoms with E-state index in [9.17, 15) is 29.7 Å². The van der Waals surface area contributed by atoms with E-state index in [1.807, 2.05) is 0 Å². The lowest BCUT2D eigenvalue weighted by atomic mass is 9.69. The molecule has 7 nitrogen and oxygen atoms in total. The lowest BCUT2D eigenvalue weighted by molar-refractivity contribution is -0.311. The summed E-state index contributed by atoms with van der Waals surface area (Å²) < 4.78 is 5.78. The molecule has 0 amide bonds. The van der Waals surface area contributed by atoms with Gasteiger partial charge in [0, 0.05) is 22.8 Å². The molecule has 28 heavy (non-hydrogen) atoms. The Bertz CT molecular complexity index is 1090. The summed E-state index contributed by atoms with van der Waals surface area (Å²) in [5, 5.41) is 32.7. The number of ether oxygens (including phenoxy) is 1. The van der Waals surface area contributed by atoms with Crippen molar-refractivity contribution in [1.82, 2.24) is 0 Å². The van der Waals surface area contributed by atoms with Crippen molar-refractivity contribution in [2.24, 2.45) is 0 Å². The average molecular weight is 378 g/mol. The lowest BCUT2D eigenvalue weighted by Gasteiger charge is -2.39. The fraction of sp³-hybridized carbons (Fsp3) is 0.0952. The predicted octanol–water partition coefficient (Wildman–Crippen LogP) is 1.69. The van der Waals surface area contributed by atoms with Crippen LogP contribution in [0.2, 0.25) is 0 Å². The molecule has 0 radical (unpaired) electrons. The number of aliphatic hydroxyl groups excluding tert-OH is 1. The minimum atomic E-state index is -2.55. The molecule has 3 N–H and O–H groups in total. The van der Waals surface area contributed by atoms with Gasteiger partial charge in [0.25, 0.3) is 0 Å². The Morgan fingerprint density at radius 1 is 1.07 bits per heavy atom. The number of ketones is 1. The van der Waals surface area contributed by atoms with Crippen LogP contribution in [0, 0.1) is 0 Å². The van der Waals surface area contributed by atoms with Crippen LogP contribution in [0.1, 0.15) is 23.1 Å². The van der Waals surface area contributed by atoms with E-state index in [2.05, 4.69) is 0 Å². The molecule has 0 spiro atoms. The van der Waals surface area contributed by atoms with E-state index in [-0.39, 0.29) is 51.7 Å². The molecule has 2 aromatic rings. The van der Waals surface area contributed by atoms with Crippen LogP contribution >= 0.6 is 0 Å². The second kappa shape index (κ2) is 6.09. The topological polar surface area (TPSA) is 128 Å². The van der Waals surface area contributed by atoms with Crippen molar-refractivity contribution >= 4 is 23.3 Å². The number of para-hydroxylation sites is 1. The summed E-state index contributed by atoms with van der Waals surface area (Å²) in [6.07, 6.45) is 2.47. The second-order valence-electron chi connectivity index (χ2n) is 6.48. The van der Waals surface area contributed by atoms with Crippen molar-refractivity contribution in [3.05, 3.63) is 77.1 Å². The Balaban J connectivity index is 2.12. The SMILES string of the molecule is O=C([O-])C1(C(=O)O)c2ccccc2Oc2cccc(C3=C(O)C=CC(=[OH+])C3)c21. The maximum absolute atomic E-state index is 12.4. The number of carbonyl (C=O) groups is 2. The van der Waals surface area contributed by atoms with E-state index in [0.717, 1.165) is 0 Å². The van der Waals surface area contributed by atoms with E-state index in [4.69, 9.17) is 4.74 Å². The molecule has 1 aliphatic heterocycles. The summed E-state index contributed by atoms with van der Waals surface area (Å²) in [5.74, 6) is -3.62.